The first-order valence-electron chi connectivity index (χ1n) is 8.48. The molecule has 0 aromatic heterocycles. The van der Waals surface area contributed by atoms with E-state index in [0.717, 1.165) is 17.7 Å². The van der Waals surface area contributed by atoms with Gasteiger partial charge in [0.1, 0.15) is 0 Å². The Morgan fingerprint density at radius 2 is 1.85 bits per heavy atom. The molecule has 2 aromatic rings. The lowest BCUT2D eigenvalue weighted by atomic mass is 10.1. The van der Waals surface area contributed by atoms with Crippen molar-refractivity contribution >= 4 is 40.7 Å². The van der Waals surface area contributed by atoms with E-state index in [4.69, 9.17) is 23.2 Å². The van der Waals surface area contributed by atoms with E-state index in [1.165, 1.54) is 0 Å². The first-order chi connectivity index (χ1) is 12.4. The molecule has 2 aromatic carbocycles. The second kappa shape index (κ2) is 9.60. The van der Waals surface area contributed by atoms with Crippen LogP contribution < -0.4 is 5.32 Å². The number of nitrogens with one attached hydrogen (secondary N) is 1. The second-order valence-corrected chi connectivity index (χ2v) is 6.93. The van der Waals surface area contributed by atoms with Gasteiger partial charge in [0.15, 0.2) is 0 Å². The maximum absolute atomic E-state index is 12.6. The van der Waals surface area contributed by atoms with Gasteiger partial charge < -0.3 is 10.2 Å². The van der Waals surface area contributed by atoms with E-state index in [0.29, 0.717) is 22.2 Å². The maximum Gasteiger partial charge on any atom is 0.244 e. The first kappa shape index (κ1) is 20.3. The molecule has 0 atom stereocenters. The van der Waals surface area contributed by atoms with Crippen LogP contribution in [-0.2, 0) is 16.0 Å². The zero-order valence-corrected chi connectivity index (χ0v) is 16.4. The molecule has 0 aliphatic rings. The highest BCUT2D eigenvalue weighted by atomic mass is 35.5. The third-order valence-corrected chi connectivity index (χ3v) is 4.54. The monoisotopic (exact) mass is 392 g/mol. The molecule has 0 aliphatic carbocycles. The average molecular weight is 393 g/mol. The van der Waals surface area contributed by atoms with Crippen molar-refractivity contribution in [1.29, 1.82) is 0 Å². The van der Waals surface area contributed by atoms with Crippen LogP contribution in [0.2, 0.25) is 10.0 Å². The average Bonchev–Trinajstić information content (AvgIpc) is 2.59. The zero-order valence-electron chi connectivity index (χ0n) is 14.9. The van der Waals surface area contributed by atoms with Crippen LogP contribution in [0.3, 0.4) is 0 Å². The van der Waals surface area contributed by atoms with Gasteiger partial charge in [0.25, 0.3) is 0 Å². The van der Waals surface area contributed by atoms with Crippen LogP contribution in [0.5, 0.6) is 0 Å². The van der Waals surface area contributed by atoms with Crippen LogP contribution in [0.25, 0.3) is 0 Å². The second-order valence-electron chi connectivity index (χ2n) is 6.09. The molecule has 0 bridgehead atoms. The lowest BCUT2D eigenvalue weighted by Crippen LogP contribution is -2.39. The fourth-order valence-corrected chi connectivity index (χ4v) is 3.05. The number of hydrogen-bond donors (Lipinski definition) is 1. The van der Waals surface area contributed by atoms with Gasteiger partial charge in [0.05, 0.1) is 13.0 Å². The van der Waals surface area contributed by atoms with Crippen LogP contribution in [-0.4, -0.2) is 29.8 Å². The summed E-state index contributed by atoms with van der Waals surface area (Å²) in [5, 5.41) is 3.83. The van der Waals surface area contributed by atoms with Crippen LogP contribution >= 0.6 is 23.2 Å². The lowest BCUT2D eigenvalue weighted by Gasteiger charge is -2.22. The normalized spacial score (nSPS) is 10.5. The van der Waals surface area contributed by atoms with Gasteiger partial charge in [0.2, 0.25) is 11.8 Å². The van der Waals surface area contributed by atoms with Crippen molar-refractivity contribution in [3.05, 3.63) is 63.6 Å². The minimum absolute atomic E-state index is 0.00617. The lowest BCUT2D eigenvalue weighted by molar-refractivity contribution is -0.134. The summed E-state index contributed by atoms with van der Waals surface area (Å²) in [6.07, 6.45) is 0.894. The van der Waals surface area contributed by atoms with Crippen LogP contribution in [0, 0.1) is 6.92 Å². The zero-order chi connectivity index (χ0) is 19.1. The fraction of sp³-hybridized carbons (Fsp3) is 0.300. The number of amides is 2. The van der Waals surface area contributed by atoms with E-state index in [-0.39, 0.29) is 24.8 Å². The Hall–Kier alpha value is -2.04. The molecule has 0 saturated heterocycles. The Morgan fingerprint density at radius 3 is 2.50 bits per heavy atom. The molecule has 0 fully saturated rings. The third kappa shape index (κ3) is 5.75. The van der Waals surface area contributed by atoms with E-state index >= 15 is 0 Å². The van der Waals surface area contributed by atoms with Crippen LogP contribution in [0.4, 0.5) is 5.69 Å². The fourth-order valence-electron chi connectivity index (χ4n) is 2.58. The Kier molecular flexibility index (Phi) is 7.49. The minimum atomic E-state index is -0.219. The number of nitrogens with zero attached hydrogens (tertiary/aromatic N) is 1. The summed E-state index contributed by atoms with van der Waals surface area (Å²) in [5.41, 5.74) is 2.42. The summed E-state index contributed by atoms with van der Waals surface area (Å²) in [7, 11) is 0. The van der Waals surface area contributed by atoms with Gasteiger partial charge in [-0.3, -0.25) is 9.59 Å². The standard InChI is InChI=1S/C20H22Cl2N2O2/c1-3-10-24(13-19(25)23-18-7-5-4-6-14(18)2)20(26)11-15-8-9-16(21)12-17(15)22/h4-9,12H,3,10-11,13H2,1-2H3,(H,23,25). The van der Waals surface area contributed by atoms with Crippen LogP contribution in [0.15, 0.2) is 42.5 Å². The summed E-state index contributed by atoms with van der Waals surface area (Å²) in [4.78, 5) is 26.6. The number of benzene rings is 2. The molecule has 138 valence electrons. The van der Waals surface area contributed by atoms with Crippen molar-refractivity contribution in [3.63, 3.8) is 0 Å². The quantitative estimate of drug-likeness (QED) is 0.740. The number of anilines is 1. The number of carbonyl (C=O) groups excluding carboxylic acids is 2. The molecular weight excluding hydrogens is 371 g/mol. The summed E-state index contributed by atoms with van der Waals surface area (Å²) in [6, 6.07) is 12.6. The van der Waals surface area contributed by atoms with Crippen molar-refractivity contribution in [1.82, 2.24) is 4.90 Å². The largest absolute Gasteiger partial charge is 0.333 e. The molecule has 2 amide bonds. The third-order valence-electron chi connectivity index (χ3n) is 3.96. The van der Waals surface area contributed by atoms with Gasteiger partial charge in [-0.2, -0.15) is 0 Å². The van der Waals surface area contributed by atoms with Gasteiger partial charge in [-0.25, -0.2) is 0 Å². The van der Waals surface area contributed by atoms with Crippen molar-refractivity contribution in [2.45, 2.75) is 26.7 Å². The molecule has 1 N–H and O–H groups in total. The highest BCUT2D eigenvalue weighted by Gasteiger charge is 2.18. The molecule has 0 radical (unpaired) electrons. The van der Waals surface area contributed by atoms with Crippen molar-refractivity contribution in [2.24, 2.45) is 0 Å². The van der Waals surface area contributed by atoms with E-state index in [2.05, 4.69) is 5.32 Å². The maximum atomic E-state index is 12.6. The highest BCUT2D eigenvalue weighted by Crippen LogP contribution is 2.22. The van der Waals surface area contributed by atoms with E-state index < -0.39 is 0 Å². The van der Waals surface area contributed by atoms with Gasteiger partial charge in [-0.05, 0) is 42.7 Å². The summed E-state index contributed by atoms with van der Waals surface area (Å²) in [5.74, 6) is -0.362. The topological polar surface area (TPSA) is 49.4 Å². The Bertz CT molecular complexity index is 793. The molecule has 6 heteroatoms. The molecular formula is C20H22Cl2N2O2. The number of aryl methyl sites for hydroxylation is 1. The minimum Gasteiger partial charge on any atom is -0.333 e. The predicted molar refractivity (Wildman–Crippen MR) is 107 cm³/mol. The van der Waals surface area contributed by atoms with E-state index in [9.17, 15) is 9.59 Å². The highest BCUT2D eigenvalue weighted by molar-refractivity contribution is 6.35. The van der Waals surface area contributed by atoms with Gasteiger partial charge in [-0.15, -0.1) is 0 Å². The summed E-state index contributed by atoms with van der Waals surface area (Å²) in [6.45, 7) is 4.40. The van der Waals surface area contributed by atoms with Gasteiger partial charge >= 0.3 is 0 Å². The Balaban J connectivity index is 2.03. The molecule has 4 nitrogen and oxygen atoms in total. The molecule has 2 rings (SSSR count). The summed E-state index contributed by atoms with van der Waals surface area (Å²) >= 11 is 12.0. The molecule has 0 aliphatic heterocycles. The number of carbonyl (C=O) groups is 2. The van der Waals surface area contributed by atoms with E-state index in [1.54, 1.807) is 23.1 Å². The molecule has 0 unspecified atom stereocenters. The van der Waals surface area contributed by atoms with Crippen LogP contribution in [0.1, 0.15) is 24.5 Å². The van der Waals surface area contributed by atoms with Crippen molar-refractivity contribution in [2.75, 3.05) is 18.4 Å². The first-order valence-corrected chi connectivity index (χ1v) is 9.23. The Morgan fingerprint density at radius 1 is 1.12 bits per heavy atom. The van der Waals surface area contributed by atoms with E-state index in [1.807, 2.05) is 38.1 Å². The molecule has 0 heterocycles. The predicted octanol–water partition coefficient (Wildman–Crippen LogP) is 4.72. The molecule has 0 spiro atoms. The number of halogens is 2. The smallest absolute Gasteiger partial charge is 0.244 e. The molecule has 26 heavy (non-hydrogen) atoms. The Labute approximate surface area is 164 Å². The van der Waals surface area contributed by atoms with Gasteiger partial charge in [0, 0.05) is 22.3 Å². The SMILES string of the molecule is CCCN(CC(=O)Nc1ccccc1C)C(=O)Cc1ccc(Cl)cc1Cl. The van der Waals surface area contributed by atoms with Crippen molar-refractivity contribution in [3.8, 4) is 0 Å². The van der Waals surface area contributed by atoms with Gasteiger partial charge in [-0.1, -0.05) is 54.4 Å². The molecule has 0 saturated carbocycles. The number of rotatable bonds is 7. The van der Waals surface area contributed by atoms with Crippen molar-refractivity contribution < 1.29 is 9.59 Å². The number of para-hydroxylation sites is 1. The number of hydrogen-bond acceptors (Lipinski definition) is 2. The summed E-state index contributed by atoms with van der Waals surface area (Å²) < 4.78 is 0.